The zero-order valence-electron chi connectivity index (χ0n) is 43.0. The summed E-state index contributed by atoms with van der Waals surface area (Å²) in [4.78, 5) is 71.0. The van der Waals surface area contributed by atoms with Gasteiger partial charge in [0.25, 0.3) is 5.91 Å². The van der Waals surface area contributed by atoms with Gasteiger partial charge in [0.1, 0.15) is 34.9 Å². The number of piperidine rings is 1. The number of sulfone groups is 1. The SMILES string of the molecule is CN[C@@H](C)C(=O)N[C@H]1CN(C(=O)c2ccc(N3CCC(COc4cc5ncnc(Nc6n[nH]c(C)c6C)c5cc4S(=O)(=O)C(C)(C)C)CC3)cc2)CC[C@H]2CC[C@@H](C(=O)N[C@@H]3CCCc4ccccc43)N2C1=O. The van der Waals surface area contributed by atoms with E-state index in [4.69, 9.17) is 4.74 Å². The number of fused-ring (bicyclic) bond motifs is 3. The summed E-state index contributed by atoms with van der Waals surface area (Å²) in [7, 11) is -2.19. The number of H-pyrrole nitrogens is 1. The molecule has 0 spiro atoms. The largest absolute Gasteiger partial charge is 0.492 e. The molecule has 19 heteroatoms. The quantitative estimate of drug-likeness (QED) is 0.0905. The molecule has 0 radical (unpaired) electrons. The fourth-order valence-electron chi connectivity index (χ4n) is 10.6. The summed E-state index contributed by atoms with van der Waals surface area (Å²) in [6.07, 6.45) is 7.41. The number of carbonyl (C=O) groups excluding carboxylic acids is 4. The van der Waals surface area contributed by atoms with Crippen LogP contribution in [0.4, 0.5) is 17.3 Å². The molecule has 3 aliphatic heterocycles. The van der Waals surface area contributed by atoms with Crippen molar-refractivity contribution >= 4 is 61.7 Å². The number of anilines is 3. The number of nitrogens with one attached hydrogen (secondary N) is 5. The first kappa shape index (κ1) is 51.3. The molecular formula is C54H69N11O7S. The summed E-state index contributed by atoms with van der Waals surface area (Å²) in [5.74, 6) is 0.279. The summed E-state index contributed by atoms with van der Waals surface area (Å²) < 4.78 is 33.5. The lowest BCUT2D eigenvalue weighted by molar-refractivity contribution is -0.145. The van der Waals surface area contributed by atoms with Gasteiger partial charge in [0.2, 0.25) is 17.7 Å². The molecule has 5 atom stereocenters. The predicted octanol–water partition coefficient (Wildman–Crippen LogP) is 6.07. The number of rotatable bonds is 13. The van der Waals surface area contributed by atoms with E-state index < -0.39 is 32.7 Å². The zero-order valence-corrected chi connectivity index (χ0v) is 43.8. The van der Waals surface area contributed by atoms with Crippen LogP contribution in [0.3, 0.4) is 0 Å². The fourth-order valence-corrected chi connectivity index (χ4v) is 11.9. The molecule has 18 nitrogen and oxygen atoms in total. The van der Waals surface area contributed by atoms with Crippen molar-refractivity contribution in [3.63, 3.8) is 0 Å². The Bertz CT molecular complexity index is 2980. The number of aryl methyl sites for hydroxylation is 2. The molecule has 4 amide bonds. The average molecular weight is 1020 g/mol. The Balaban J connectivity index is 0.847. The molecule has 5 N–H and O–H groups in total. The highest BCUT2D eigenvalue weighted by Crippen LogP contribution is 2.39. The highest BCUT2D eigenvalue weighted by Gasteiger charge is 2.46. The van der Waals surface area contributed by atoms with E-state index in [1.165, 1.54) is 11.9 Å². The maximum Gasteiger partial charge on any atom is 0.253 e. The van der Waals surface area contributed by atoms with Crippen LogP contribution in [0.1, 0.15) is 111 Å². The number of benzene rings is 3. The molecule has 9 rings (SSSR count). The van der Waals surface area contributed by atoms with E-state index >= 15 is 0 Å². The van der Waals surface area contributed by atoms with E-state index in [0.717, 1.165) is 67.7 Å². The topological polar surface area (TPSA) is 224 Å². The number of carbonyl (C=O) groups is 4. The Hall–Kier alpha value is -6.60. The molecule has 388 valence electrons. The Kier molecular flexibility index (Phi) is 14.8. The van der Waals surface area contributed by atoms with Crippen molar-refractivity contribution in [1.29, 1.82) is 0 Å². The van der Waals surface area contributed by atoms with Crippen LogP contribution in [-0.4, -0.2) is 131 Å². The molecule has 3 aromatic carbocycles. The summed E-state index contributed by atoms with van der Waals surface area (Å²) >= 11 is 0. The molecule has 5 aromatic rings. The van der Waals surface area contributed by atoms with Crippen LogP contribution in [0, 0.1) is 19.8 Å². The van der Waals surface area contributed by atoms with Crippen molar-refractivity contribution in [2.45, 2.75) is 133 Å². The van der Waals surface area contributed by atoms with E-state index in [-0.39, 0.29) is 58.8 Å². The van der Waals surface area contributed by atoms with Crippen LogP contribution in [-0.2, 0) is 30.6 Å². The summed E-state index contributed by atoms with van der Waals surface area (Å²) in [6.45, 7) is 12.7. The second-order valence-electron chi connectivity index (χ2n) is 21.1. The maximum absolute atomic E-state index is 14.6. The zero-order chi connectivity index (χ0) is 51.8. The average Bonchev–Trinajstić information content (AvgIpc) is 3.96. The van der Waals surface area contributed by atoms with Crippen molar-refractivity contribution in [2.24, 2.45) is 5.92 Å². The number of hydrogen-bond acceptors (Lipinski definition) is 13. The van der Waals surface area contributed by atoms with Crippen LogP contribution in [0.15, 0.2) is 71.9 Å². The highest BCUT2D eigenvalue weighted by atomic mass is 32.2. The first-order valence-corrected chi connectivity index (χ1v) is 27.2. The number of nitrogens with zero attached hydrogens (tertiary/aromatic N) is 6. The smallest absolute Gasteiger partial charge is 0.253 e. The second kappa shape index (κ2) is 21.1. The lowest BCUT2D eigenvalue weighted by Gasteiger charge is -2.39. The minimum Gasteiger partial charge on any atom is -0.492 e. The molecule has 0 bridgehead atoms. The molecule has 0 unspecified atom stereocenters. The van der Waals surface area contributed by atoms with Crippen molar-refractivity contribution in [1.82, 2.24) is 45.9 Å². The molecular weight excluding hydrogens is 947 g/mol. The van der Waals surface area contributed by atoms with Gasteiger partial charge in [-0.3, -0.25) is 24.3 Å². The van der Waals surface area contributed by atoms with Gasteiger partial charge in [0.15, 0.2) is 15.7 Å². The van der Waals surface area contributed by atoms with Gasteiger partial charge in [0, 0.05) is 59.6 Å². The van der Waals surface area contributed by atoms with E-state index in [2.05, 4.69) is 58.5 Å². The van der Waals surface area contributed by atoms with Crippen molar-refractivity contribution < 1.29 is 32.3 Å². The first-order chi connectivity index (χ1) is 34.9. The molecule has 73 heavy (non-hydrogen) atoms. The third-order valence-electron chi connectivity index (χ3n) is 15.5. The van der Waals surface area contributed by atoms with Crippen LogP contribution >= 0.6 is 0 Å². The Labute approximate surface area is 427 Å². The van der Waals surface area contributed by atoms with Crippen LogP contribution in [0.2, 0.25) is 0 Å². The van der Waals surface area contributed by atoms with E-state index in [1.54, 1.807) is 56.7 Å². The summed E-state index contributed by atoms with van der Waals surface area (Å²) in [5, 5.41) is 20.2. The van der Waals surface area contributed by atoms with Gasteiger partial charge in [-0.25, -0.2) is 18.4 Å². The molecule has 2 aromatic heterocycles. The van der Waals surface area contributed by atoms with Crippen LogP contribution in [0.25, 0.3) is 10.9 Å². The van der Waals surface area contributed by atoms with Gasteiger partial charge in [-0.15, -0.1) is 0 Å². The Morgan fingerprint density at radius 1 is 0.890 bits per heavy atom. The lowest BCUT2D eigenvalue weighted by atomic mass is 9.87. The van der Waals surface area contributed by atoms with Gasteiger partial charge in [-0.2, -0.15) is 5.10 Å². The minimum atomic E-state index is -3.86. The monoisotopic (exact) mass is 1020 g/mol. The first-order valence-electron chi connectivity index (χ1n) is 25.7. The Morgan fingerprint density at radius 2 is 1.64 bits per heavy atom. The van der Waals surface area contributed by atoms with Crippen LogP contribution < -0.4 is 30.9 Å². The molecule has 3 fully saturated rings. The van der Waals surface area contributed by atoms with Gasteiger partial charge in [-0.1, -0.05) is 24.3 Å². The van der Waals surface area contributed by atoms with Gasteiger partial charge >= 0.3 is 0 Å². The summed E-state index contributed by atoms with van der Waals surface area (Å²) in [6, 6.07) is 16.3. The number of amides is 4. The minimum absolute atomic E-state index is 0.0368. The van der Waals surface area contributed by atoms with Gasteiger partial charge in [-0.05, 0) is 147 Å². The third kappa shape index (κ3) is 10.6. The van der Waals surface area contributed by atoms with Crippen molar-refractivity contribution in [3.8, 4) is 5.75 Å². The molecule has 3 saturated heterocycles. The highest BCUT2D eigenvalue weighted by molar-refractivity contribution is 7.92. The molecule has 5 heterocycles. The lowest BCUT2D eigenvalue weighted by Crippen LogP contribution is -2.62. The van der Waals surface area contributed by atoms with Crippen molar-refractivity contribution in [3.05, 3.63) is 94.9 Å². The maximum atomic E-state index is 14.6. The number of ether oxygens (including phenoxy) is 1. The number of aromatic nitrogens is 4. The molecule has 4 aliphatic rings. The van der Waals surface area contributed by atoms with E-state index in [9.17, 15) is 27.6 Å². The van der Waals surface area contributed by atoms with Gasteiger partial charge < -0.3 is 40.7 Å². The standard InChI is InChI=1S/C54H69N11O7S/c1-32-33(2)61-62-48(32)60-49-41-27-47(73(70,71)54(4,5)6)46(28-43(41)56-31-57-49)72-30-35-21-24-63(25-22-35)38-17-15-37(16-18-38)52(68)64-26-23-39-19-20-45(65(39)53(69)44(29-64)59-50(66)34(3)55-7)51(67)58-42-14-10-12-36-11-8-9-13-40(36)42/h8-9,11,13,15-18,27-28,31,34-35,39,42,44-45,55H,10,12,14,19-26,29-30H2,1-7H3,(H,58,67)(H,59,66)(H2,56,57,60,61,62)/t34-,39+,42+,44-,45-/m0/s1. The number of aromatic amines is 1. The number of hydrogen-bond donors (Lipinski definition) is 5. The molecule has 0 saturated carbocycles. The van der Waals surface area contributed by atoms with Crippen molar-refractivity contribution in [2.75, 3.05) is 50.1 Å². The van der Waals surface area contributed by atoms with Crippen LogP contribution in [0.5, 0.6) is 5.75 Å². The normalized spacial score (nSPS) is 21.2. The number of likely N-dealkylation sites (N-methyl/N-ethyl adjacent to an activating group) is 1. The third-order valence-corrected chi connectivity index (χ3v) is 18.0. The fraction of sp³-hybridized carbons (Fsp3) is 0.500. The Morgan fingerprint density at radius 3 is 2.36 bits per heavy atom. The summed E-state index contributed by atoms with van der Waals surface area (Å²) in [5.41, 5.74) is 6.15. The second-order valence-corrected chi connectivity index (χ2v) is 23.8. The van der Waals surface area contributed by atoms with E-state index in [1.807, 2.05) is 50.2 Å². The van der Waals surface area contributed by atoms with E-state index in [0.29, 0.717) is 60.5 Å². The molecule has 1 aliphatic carbocycles. The predicted molar refractivity (Wildman–Crippen MR) is 280 cm³/mol. The van der Waals surface area contributed by atoms with Gasteiger partial charge in [0.05, 0.1) is 35.5 Å².